The van der Waals surface area contributed by atoms with Crippen LogP contribution in [0.1, 0.15) is 33.3 Å². The molecule has 1 rings (SSSR count). The van der Waals surface area contributed by atoms with Crippen molar-refractivity contribution in [2.75, 3.05) is 0 Å². The minimum atomic E-state index is -0.242. The fourth-order valence-corrected chi connectivity index (χ4v) is 2.17. The van der Waals surface area contributed by atoms with E-state index in [1.807, 2.05) is 23.9 Å². The highest BCUT2D eigenvalue weighted by Crippen LogP contribution is 2.31. The molecule has 0 amide bonds. The molecule has 0 aliphatic carbocycles. The van der Waals surface area contributed by atoms with Crippen molar-refractivity contribution in [1.29, 1.82) is 0 Å². The van der Waals surface area contributed by atoms with Gasteiger partial charge in [0, 0.05) is 16.6 Å². The minimum Gasteiger partial charge on any atom is -0.461 e. The van der Waals surface area contributed by atoms with Gasteiger partial charge in [0.2, 0.25) is 0 Å². The van der Waals surface area contributed by atoms with Crippen molar-refractivity contribution in [1.82, 2.24) is 0 Å². The highest BCUT2D eigenvalue weighted by atomic mass is 32.2. The lowest BCUT2D eigenvalue weighted by Gasteiger charge is -2.17. The van der Waals surface area contributed by atoms with E-state index in [1.54, 1.807) is 0 Å². The fourth-order valence-electron chi connectivity index (χ4n) is 1.19. The molecule has 0 spiro atoms. The molecule has 0 aromatic heterocycles. The highest BCUT2D eigenvalue weighted by Gasteiger charge is 2.11. The van der Waals surface area contributed by atoms with E-state index in [0.29, 0.717) is 6.61 Å². The zero-order valence-corrected chi connectivity index (χ0v) is 11.1. The van der Waals surface area contributed by atoms with E-state index in [0.717, 1.165) is 5.56 Å². The lowest BCUT2D eigenvalue weighted by molar-refractivity contribution is -0.142. The molecule has 0 saturated heterocycles. The molecule has 0 N–H and O–H groups in total. The van der Waals surface area contributed by atoms with E-state index >= 15 is 0 Å². The number of hydrogen-bond acceptors (Lipinski definition) is 3. The lowest BCUT2D eigenvalue weighted by atomic mass is 10.2. The van der Waals surface area contributed by atoms with Gasteiger partial charge in [-0.25, -0.2) is 0 Å². The van der Waals surface area contributed by atoms with Crippen LogP contribution in [0.3, 0.4) is 0 Å². The molecule has 16 heavy (non-hydrogen) atoms. The number of carbonyl (C=O) groups is 1. The van der Waals surface area contributed by atoms with Crippen molar-refractivity contribution in [2.24, 2.45) is 0 Å². The third kappa shape index (κ3) is 5.21. The monoisotopic (exact) mass is 238 g/mol. The van der Waals surface area contributed by atoms with Gasteiger partial charge in [-0.05, 0) is 17.7 Å². The van der Waals surface area contributed by atoms with E-state index in [9.17, 15) is 4.79 Å². The number of rotatable bonds is 3. The molecule has 1 aromatic rings. The quantitative estimate of drug-likeness (QED) is 0.594. The molecule has 1 aromatic carbocycles. The van der Waals surface area contributed by atoms with Gasteiger partial charge in [0.15, 0.2) is 0 Å². The van der Waals surface area contributed by atoms with Crippen molar-refractivity contribution >= 4 is 17.7 Å². The summed E-state index contributed by atoms with van der Waals surface area (Å²) in [6.07, 6.45) is 0. The molecule has 2 nitrogen and oxygen atoms in total. The van der Waals surface area contributed by atoms with E-state index in [2.05, 4.69) is 32.9 Å². The zero-order chi connectivity index (χ0) is 12.2. The summed E-state index contributed by atoms with van der Waals surface area (Å²) in [7, 11) is 0. The molecule has 88 valence electrons. The maximum atomic E-state index is 10.6. The molecule has 0 unspecified atom stereocenters. The average Bonchev–Trinajstić information content (AvgIpc) is 2.14. The molecule has 0 atom stereocenters. The van der Waals surface area contributed by atoms with Gasteiger partial charge in [0.25, 0.3) is 0 Å². The van der Waals surface area contributed by atoms with Crippen molar-refractivity contribution in [3.63, 3.8) is 0 Å². The Morgan fingerprint density at radius 1 is 1.25 bits per heavy atom. The summed E-state index contributed by atoms with van der Waals surface area (Å²) in [4.78, 5) is 11.9. The van der Waals surface area contributed by atoms with Crippen LogP contribution in [-0.2, 0) is 16.1 Å². The van der Waals surface area contributed by atoms with Crippen LogP contribution in [-0.4, -0.2) is 10.7 Å². The number of esters is 1. The molecule has 0 aliphatic heterocycles. The van der Waals surface area contributed by atoms with Gasteiger partial charge in [-0.1, -0.05) is 32.9 Å². The molecule has 0 bridgehead atoms. The predicted molar refractivity (Wildman–Crippen MR) is 67.5 cm³/mol. The van der Waals surface area contributed by atoms with Crippen LogP contribution >= 0.6 is 11.8 Å². The molecule has 0 radical (unpaired) electrons. The SMILES string of the molecule is CC(=O)OCc1ccc(SC(C)(C)C)cc1. The van der Waals surface area contributed by atoms with Crippen molar-refractivity contribution in [3.05, 3.63) is 29.8 Å². The maximum absolute atomic E-state index is 10.6. The predicted octanol–water partition coefficient (Wildman–Crippen LogP) is 3.64. The van der Waals surface area contributed by atoms with Crippen LogP contribution in [0.5, 0.6) is 0 Å². The number of hydrogen-bond donors (Lipinski definition) is 0. The largest absolute Gasteiger partial charge is 0.461 e. The summed E-state index contributed by atoms with van der Waals surface area (Å²) in [5, 5.41) is 0. The minimum absolute atomic E-state index is 0.220. The summed E-state index contributed by atoms with van der Waals surface area (Å²) < 4.78 is 5.14. The molecule has 0 heterocycles. The fraction of sp³-hybridized carbons (Fsp3) is 0.462. The lowest BCUT2D eigenvalue weighted by Crippen LogP contribution is -2.06. The van der Waals surface area contributed by atoms with Gasteiger partial charge in [0.1, 0.15) is 6.61 Å². The Balaban J connectivity index is 2.57. The molecule has 3 heteroatoms. The topological polar surface area (TPSA) is 26.3 Å². The molecule has 0 aliphatic rings. The second-order valence-electron chi connectivity index (χ2n) is 4.64. The van der Waals surface area contributed by atoms with E-state index < -0.39 is 0 Å². The van der Waals surface area contributed by atoms with Gasteiger partial charge in [-0.2, -0.15) is 0 Å². The second-order valence-corrected chi connectivity index (χ2v) is 6.54. The first-order chi connectivity index (χ1) is 7.37. The number of benzene rings is 1. The highest BCUT2D eigenvalue weighted by molar-refractivity contribution is 8.00. The molecular weight excluding hydrogens is 220 g/mol. The summed E-state index contributed by atoms with van der Waals surface area (Å²) in [5.41, 5.74) is 1.02. The summed E-state index contributed by atoms with van der Waals surface area (Å²) in [6.45, 7) is 8.33. The Bertz CT molecular complexity index is 349. The van der Waals surface area contributed by atoms with Crippen LogP contribution in [0.4, 0.5) is 0 Å². The standard InChI is InChI=1S/C13H18O2S/c1-10(14)15-9-11-5-7-12(8-6-11)16-13(2,3)4/h5-8H,9H2,1-4H3. The first kappa shape index (κ1) is 13.1. The Labute approximate surface area is 101 Å². The van der Waals surface area contributed by atoms with Crippen LogP contribution < -0.4 is 0 Å². The van der Waals surface area contributed by atoms with Crippen molar-refractivity contribution in [2.45, 2.75) is 43.9 Å². The van der Waals surface area contributed by atoms with Crippen LogP contribution in [0, 0.1) is 0 Å². The summed E-state index contributed by atoms with van der Waals surface area (Å²) >= 11 is 1.83. The molecule has 0 saturated carbocycles. The van der Waals surface area contributed by atoms with Gasteiger partial charge in [-0.15, -0.1) is 11.8 Å². The van der Waals surface area contributed by atoms with Crippen LogP contribution in [0.15, 0.2) is 29.2 Å². The summed E-state index contributed by atoms with van der Waals surface area (Å²) in [6, 6.07) is 8.12. The van der Waals surface area contributed by atoms with Gasteiger partial charge >= 0.3 is 5.97 Å². The maximum Gasteiger partial charge on any atom is 0.302 e. The normalized spacial score (nSPS) is 11.2. The zero-order valence-electron chi connectivity index (χ0n) is 10.2. The van der Waals surface area contributed by atoms with E-state index in [1.165, 1.54) is 11.8 Å². The Kier molecular flexibility index (Phi) is 4.42. The second kappa shape index (κ2) is 5.39. The Hall–Kier alpha value is -0.960. The number of carbonyl (C=O) groups excluding carboxylic acids is 1. The van der Waals surface area contributed by atoms with E-state index in [-0.39, 0.29) is 10.7 Å². The Morgan fingerprint density at radius 2 is 1.81 bits per heavy atom. The average molecular weight is 238 g/mol. The third-order valence-corrected chi connectivity index (χ3v) is 2.91. The smallest absolute Gasteiger partial charge is 0.302 e. The van der Waals surface area contributed by atoms with Gasteiger partial charge < -0.3 is 4.74 Å². The van der Waals surface area contributed by atoms with Crippen molar-refractivity contribution < 1.29 is 9.53 Å². The van der Waals surface area contributed by atoms with Crippen LogP contribution in [0.25, 0.3) is 0 Å². The first-order valence-electron chi connectivity index (χ1n) is 5.28. The Morgan fingerprint density at radius 3 is 2.25 bits per heavy atom. The molecule has 0 fully saturated rings. The summed E-state index contributed by atoms with van der Waals surface area (Å²) in [5.74, 6) is -0.242. The molecular formula is C13H18O2S. The number of ether oxygens (including phenoxy) is 1. The first-order valence-corrected chi connectivity index (χ1v) is 6.10. The van der Waals surface area contributed by atoms with Crippen molar-refractivity contribution in [3.8, 4) is 0 Å². The van der Waals surface area contributed by atoms with Gasteiger partial charge in [0.05, 0.1) is 0 Å². The third-order valence-electron chi connectivity index (χ3n) is 1.79. The van der Waals surface area contributed by atoms with Gasteiger partial charge in [-0.3, -0.25) is 4.79 Å². The number of thioether (sulfide) groups is 1. The van der Waals surface area contributed by atoms with Crippen LogP contribution in [0.2, 0.25) is 0 Å². The van der Waals surface area contributed by atoms with E-state index in [4.69, 9.17) is 4.74 Å².